The van der Waals surface area contributed by atoms with E-state index in [1.807, 2.05) is 17.0 Å². The Balaban J connectivity index is 1.22. The molecule has 0 atom stereocenters. The zero-order valence-electron chi connectivity index (χ0n) is 16.2. The van der Waals surface area contributed by atoms with Gasteiger partial charge < -0.3 is 9.64 Å². The molecule has 1 aliphatic heterocycles. The number of piperidine rings is 1. The lowest BCUT2D eigenvalue weighted by Crippen LogP contribution is -2.41. The lowest BCUT2D eigenvalue weighted by molar-refractivity contribution is -0.135. The number of carbonyl (C=O) groups excluding carboxylic acids is 2. The Morgan fingerprint density at radius 2 is 1.82 bits per heavy atom. The molecule has 28 heavy (non-hydrogen) atoms. The Kier molecular flexibility index (Phi) is 6.10. The molecule has 0 unspecified atom stereocenters. The van der Waals surface area contributed by atoms with Crippen LogP contribution in [0.4, 0.5) is 0 Å². The molecule has 2 aliphatic rings. The van der Waals surface area contributed by atoms with Gasteiger partial charge in [0, 0.05) is 18.0 Å². The normalized spacial score (nSPS) is 17.2. The second-order valence-corrected chi connectivity index (χ2v) is 8.99. The maximum absolute atomic E-state index is 12.4. The number of benzene rings is 1. The average molecular weight is 398 g/mol. The van der Waals surface area contributed by atoms with Crippen LogP contribution in [0.5, 0.6) is 0 Å². The minimum Gasteiger partial charge on any atom is -0.451 e. The molecule has 1 aliphatic carbocycles. The Hall–Kier alpha value is -2.14. The van der Waals surface area contributed by atoms with Gasteiger partial charge in [-0.05, 0) is 68.1 Å². The molecular weight excluding hydrogens is 370 g/mol. The Bertz CT molecular complexity index is 798. The summed E-state index contributed by atoms with van der Waals surface area (Å²) in [6.45, 7) is 1.35. The number of esters is 1. The number of ether oxygens (including phenoxy) is 1. The van der Waals surface area contributed by atoms with Gasteiger partial charge in [-0.1, -0.05) is 30.3 Å². The third kappa shape index (κ3) is 4.64. The molecule has 0 radical (unpaired) electrons. The molecule has 2 heterocycles. The van der Waals surface area contributed by atoms with Gasteiger partial charge in [0.05, 0.1) is 0 Å². The van der Waals surface area contributed by atoms with E-state index in [-0.39, 0.29) is 18.5 Å². The van der Waals surface area contributed by atoms with E-state index in [0.29, 0.717) is 10.8 Å². The molecule has 148 valence electrons. The second kappa shape index (κ2) is 8.91. The van der Waals surface area contributed by atoms with Crippen LogP contribution in [0.3, 0.4) is 0 Å². The van der Waals surface area contributed by atoms with E-state index >= 15 is 0 Å². The van der Waals surface area contributed by atoms with E-state index in [0.717, 1.165) is 45.2 Å². The number of hydrogen-bond donors (Lipinski definition) is 0. The number of nitrogens with zero attached hydrogens (tertiary/aromatic N) is 1. The van der Waals surface area contributed by atoms with E-state index in [1.54, 1.807) is 0 Å². The summed E-state index contributed by atoms with van der Waals surface area (Å²) in [5, 5.41) is 0. The van der Waals surface area contributed by atoms with Gasteiger partial charge in [0.2, 0.25) is 0 Å². The first-order valence-corrected chi connectivity index (χ1v) is 11.1. The number of aryl methyl sites for hydroxylation is 2. The first kappa shape index (κ1) is 19.2. The molecule has 4 rings (SSSR count). The maximum Gasteiger partial charge on any atom is 0.348 e. The van der Waals surface area contributed by atoms with Crippen LogP contribution in [0.2, 0.25) is 0 Å². The first-order chi connectivity index (χ1) is 13.7. The fourth-order valence-corrected chi connectivity index (χ4v) is 5.36. The Morgan fingerprint density at radius 1 is 1.07 bits per heavy atom. The summed E-state index contributed by atoms with van der Waals surface area (Å²) in [6.07, 6.45) is 7.58. The predicted molar refractivity (Wildman–Crippen MR) is 111 cm³/mol. The third-order valence-corrected chi connectivity index (χ3v) is 7.08. The lowest BCUT2D eigenvalue weighted by atomic mass is 9.90. The highest BCUT2D eigenvalue weighted by Crippen LogP contribution is 2.30. The van der Waals surface area contributed by atoms with Gasteiger partial charge in [-0.3, -0.25) is 4.79 Å². The lowest BCUT2D eigenvalue weighted by Gasteiger charge is -2.32. The van der Waals surface area contributed by atoms with Gasteiger partial charge in [-0.25, -0.2) is 4.79 Å². The summed E-state index contributed by atoms with van der Waals surface area (Å²) in [5.74, 6) is 0.186. The molecular formula is C23H27NO3S. The molecule has 2 aromatic rings. The van der Waals surface area contributed by atoms with Crippen LogP contribution >= 0.6 is 11.3 Å². The van der Waals surface area contributed by atoms with E-state index in [4.69, 9.17) is 4.74 Å². The zero-order valence-corrected chi connectivity index (χ0v) is 17.0. The van der Waals surface area contributed by atoms with Gasteiger partial charge in [0.25, 0.3) is 5.91 Å². The van der Waals surface area contributed by atoms with Crippen molar-refractivity contribution in [2.75, 3.05) is 19.7 Å². The van der Waals surface area contributed by atoms with Crippen molar-refractivity contribution in [3.05, 3.63) is 57.3 Å². The number of amides is 1. The summed E-state index contributed by atoms with van der Waals surface area (Å²) in [4.78, 5) is 28.6. The van der Waals surface area contributed by atoms with Crippen molar-refractivity contribution < 1.29 is 14.3 Å². The van der Waals surface area contributed by atoms with Gasteiger partial charge >= 0.3 is 5.97 Å². The average Bonchev–Trinajstić information content (AvgIpc) is 3.17. The minimum absolute atomic E-state index is 0.0761. The molecule has 5 heteroatoms. The van der Waals surface area contributed by atoms with Crippen LogP contribution in [0, 0.1) is 5.92 Å². The van der Waals surface area contributed by atoms with E-state index in [1.165, 1.54) is 40.2 Å². The number of fused-ring (bicyclic) bond motifs is 1. The molecule has 4 nitrogen and oxygen atoms in total. The van der Waals surface area contributed by atoms with Crippen molar-refractivity contribution >= 4 is 23.2 Å². The van der Waals surface area contributed by atoms with Crippen molar-refractivity contribution in [1.29, 1.82) is 0 Å². The highest BCUT2D eigenvalue weighted by Gasteiger charge is 2.24. The van der Waals surface area contributed by atoms with Crippen LogP contribution < -0.4 is 0 Å². The summed E-state index contributed by atoms with van der Waals surface area (Å²) >= 11 is 1.53. The summed E-state index contributed by atoms with van der Waals surface area (Å²) in [6, 6.07) is 12.5. The number of likely N-dealkylation sites (tertiary alicyclic amines) is 1. The van der Waals surface area contributed by atoms with Crippen LogP contribution in [0.25, 0.3) is 0 Å². The molecule has 1 amide bonds. The third-order valence-electron chi connectivity index (χ3n) is 5.86. The first-order valence-electron chi connectivity index (χ1n) is 10.3. The SMILES string of the molecule is O=C(OCC(=O)N1CCC(Cc2ccccc2)CC1)c1cc2c(s1)CCCC2. The molecule has 1 aromatic carbocycles. The molecule has 0 bridgehead atoms. The fraction of sp³-hybridized carbons (Fsp3) is 0.478. The van der Waals surface area contributed by atoms with Crippen molar-refractivity contribution in [1.82, 2.24) is 4.90 Å². The van der Waals surface area contributed by atoms with Gasteiger partial charge in [0.1, 0.15) is 4.88 Å². The zero-order chi connectivity index (χ0) is 19.3. The predicted octanol–water partition coefficient (Wildman–Crippen LogP) is 4.27. The van der Waals surface area contributed by atoms with Crippen LogP contribution in [0.15, 0.2) is 36.4 Å². The Labute approximate surface area is 170 Å². The molecule has 0 saturated carbocycles. The highest BCUT2D eigenvalue weighted by molar-refractivity contribution is 7.14. The van der Waals surface area contributed by atoms with Gasteiger partial charge in [-0.2, -0.15) is 0 Å². The molecule has 1 saturated heterocycles. The summed E-state index contributed by atoms with van der Waals surface area (Å²) in [7, 11) is 0. The quantitative estimate of drug-likeness (QED) is 0.708. The van der Waals surface area contributed by atoms with Crippen LogP contribution in [-0.4, -0.2) is 36.5 Å². The molecule has 1 fully saturated rings. The summed E-state index contributed by atoms with van der Waals surface area (Å²) in [5.41, 5.74) is 2.65. The topological polar surface area (TPSA) is 46.6 Å². The van der Waals surface area contributed by atoms with Crippen molar-refractivity contribution in [3.8, 4) is 0 Å². The molecule has 1 aromatic heterocycles. The molecule has 0 spiro atoms. The highest BCUT2D eigenvalue weighted by atomic mass is 32.1. The Morgan fingerprint density at radius 3 is 2.57 bits per heavy atom. The number of carbonyl (C=O) groups is 2. The smallest absolute Gasteiger partial charge is 0.348 e. The van der Waals surface area contributed by atoms with E-state index in [2.05, 4.69) is 24.3 Å². The van der Waals surface area contributed by atoms with Crippen molar-refractivity contribution in [2.45, 2.75) is 44.9 Å². The van der Waals surface area contributed by atoms with Crippen LogP contribution in [-0.2, 0) is 28.8 Å². The van der Waals surface area contributed by atoms with E-state index < -0.39 is 0 Å². The minimum atomic E-state index is -0.355. The number of rotatable bonds is 5. The second-order valence-electron chi connectivity index (χ2n) is 7.86. The molecule has 0 N–H and O–H groups in total. The largest absolute Gasteiger partial charge is 0.451 e. The number of hydrogen-bond acceptors (Lipinski definition) is 4. The summed E-state index contributed by atoms with van der Waals surface area (Å²) < 4.78 is 5.32. The van der Waals surface area contributed by atoms with Crippen LogP contribution in [0.1, 0.15) is 51.4 Å². The fourth-order valence-electron chi connectivity index (χ4n) is 4.21. The van der Waals surface area contributed by atoms with Crippen molar-refractivity contribution in [3.63, 3.8) is 0 Å². The van der Waals surface area contributed by atoms with E-state index in [9.17, 15) is 9.59 Å². The number of thiophene rings is 1. The van der Waals surface area contributed by atoms with Gasteiger partial charge in [0.15, 0.2) is 6.61 Å². The maximum atomic E-state index is 12.4. The standard InChI is InChI=1S/C23H27NO3S/c25-22(16-27-23(26)21-15-19-8-4-5-9-20(19)28-21)24-12-10-18(11-13-24)14-17-6-2-1-3-7-17/h1-3,6-7,15,18H,4-5,8-14,16H2. The van der Waals surface area contributed by atoms with Gasteiger partial charge in [-0.15, -0.1) is 11.3 Å². The monoisotopic (exact) mass is 397 g/mol. The van der Waals surface area contributed by atoms with Crippen molar-refractivity contribution in [2.24, 2.45) is 5.92 Å².